The largest absolute Gasteiger partial charge is 0.316 e. The smallest absolute Gasteiger partial charge is 0.0186 e. The summed E-state index contributed by atoms with van der Waals surface area (Å²) in [6.45, 7) is 0. The normalized spacial score (nSPS) is 16.9. The van der Waals surface area contributed by atoms with E-state index in [-0.39, 0.29) is 0 Å². The summed E-state index contributed by atoms with van der Waals surface area (Å²) >= 11 is 1.97. The molecule has 1 saturated carbocycles. The Balaban J connectivity index is 1.70. The van der Waals surface area contributed by atoms with Gasteiger partial charge in [-0.1, -0.05) is 30.3 Å². The summed E-state index contributed by atoms with van der Waals surface area (Å²) in [6.07, 6.45) is 2.81. The third-order valence-electron chi connectivity index (χ3n) is 3.71. The van der Waals surface area contributed by atoms with Crippen molar-refractivity contribution in [2.45, 2.75) is 23.8 Å². The molecule has 0 saturated heterocycles. The van der Waals surface area contributed by atoms with Gasteiger partial charge >= 0.3 is 0 Å². The Hall–Kier alpha value is -0.990. The highest BCUT2D eigenvalue weighted by atomic mass is 32.2. The van der Waals surface area contributed by atoms with Crippen LogP contribution in [-0.2, 0) is 0 Å². The maximum absolute atomic E-state index is 3.45. The Morgan fingerprint density at radius 3 is 2.67 bits per heavy atom. The molecule has 0 bridgehead atoms. The van der Waals surface area contributed by atoms with Crippen molar-refractivity contribution < 1.29 is 0 Å². The van der Waals surface area contributed by atoms with Crippen molar-refractivity contribution >= 4 is 22.5 Å². The maximum Gasteiger partial charge on any atom is 0.0186 e. The van der Waals surface area contributed by atoms with Gasteiger partial charge in [-0.3, -0.25) is 0 Å². The minimum absolute atomic E-state index is 0.682. The lowest BCUT2D eigenvalue weighted by molar-refractivity contribution is 0.554. The molecule has 0 aliphatic heterocycles. The molecular formula is C16H19NS. The van der Waals surface area contributed by atoms with Crippen molar-refractivity contribution in [3.05, 3.63) is 42.5 Å². The van der Waals surface area contributed by atoms with E-state index < -0.39 is 0 Å². The zero-order chi connectivity index (χ0) is 12.4. The van der Waals surface area contributed by atoms with Crippen LogP contribution >= 0.6 is 11.8 Å². The standard InChI is InChI=1S/C16H19NS/c1-17-16(13-6-7-13)11-18-15-9-8-12-4-2-3-5-14(12)10-15/h2-5,8-10,13,16-17H,6-7,11H2,1H3. The highest BCUT2D eigenvalue weighted by molar-refractivity contribution is 7.99. The third-order valence-corrected chi connectivity index (χ3v) is 4.83. The molecule has 0 radical (unpaired) electrons. The van der Waals surface area contributed by atoms with Gasteiger partial charge in [-0.05, 0) is 48.7 Å². The summed E-state index contributed by atoms with van der Waals surface area (Å²) in [5.41, 5.74) is 0. The fraction of sp³-hybridized carbons (Fsp3) is 0.375. The van der Waals surface area contributed by atoms with Gasteiger partial charge in [-0.25, -0.2) is 0 Å². The first-order valence-electron chi connectivity index (χ1n) is 6.65. The van der Waals surface area contributed by atoms with Gasteiger partial charge in [0, 0.05) is 16.7 Å². The highest BCUT2D eigenvalue weighted by Crippen LogP contribution is 2.35. The fourth-order valence-corrected chi connectivity index (χ4v) is 3.58. The van der Waals surface area contributed by atoms with Crippen molar-refractivity contribution in [2.24, 2.45) is 5.92 Å². The molecule has 18 heavy (non-hydrogen) atoms. The number of hydrogen-bond acceptors (Lipinski definition) is 2. The van der Waals surface area contributed by atoms with Crippen LogP contribution in [0.25, 0.3) is 10.8 Å². The van der Waals surface area contributed by atoms with E-state index in [1.54, 1.807) is 0 Å². The first kappa shape index (κ1) is 12.1. The summed E-state index contributed by atoms with van der Waals surface area (Å²) in [7, 11) is 2.09. The summed E-state index contributed by atoms with van der Waals surface area (Å²) < 4.78 is 0. The van der Waals surface area contributed by atoms with Gasteiger partial charge in [0.05, 0.1) is 0 Å². The Morgan fingerprint density at radius 1 is 1.17 bits per heavy atom. The number of rotatable bonds is 5. The Kier molecular flexibility index (Phi) is 3.57. The van der Waals surface area contributed by atoms with E-state index >= 15 is 0 Å². The first-order valence-corrected chi connectivity index (χ1v) is 7.64. The van der Waals surface area contributed by atoms with E-state index in [4.69, 9.17) is 0 Å². The lowest BCUT2D eigenvalue weighted by Crippen LogP contribution is -2.29. The number of thioether (sulfide) groups is 1. The molecule has 1 aliphatic carbocycles. The lowest BCUT2D eigenvalue weighted by atomic mass is 10.1. The van der Waals surface area contributed by atoms with Crippen LogP contribution in [-0.4, -0.2) is 18.8 Å². The van der Waals surface area contributed by atoms with Gasteiger partial charge in [-0.15, -0.1) is 11.8 Å². The van der Waals surface area contributed by atoms with Gasteiger partial charge < -0.3 is 5.32 Å². The molecule has 1 fully saturated rings. The molecule has 1 nitrogen and oxygen atoms in total. The van der Waals surface area contributed by atoms with Crippen molar-refractivity contribution in [2.75, 3.05) is 12.8 Å². The van der Waals surface area contributed by atoms with Crippen molar-refractivity contribution in [3.8, 4) is 0 Å². The quantitative estimate of drug-likeness (QED) is 0.815. The molecule has 0 amide bonds. The molecule has 1 aliphatic rings. The molecule has 3 rings (SSSR count). The van der Waals surface area contributed by atoms with Gasteiger partial charge in [0.25, 0.3) is 0 Å². The molecule has 2 heteroatoms. The summed E-state index contributed by atoms with van der Waals surface area (Å²) in [5.74, 6) is 2.10. The molecule has 2 aromatic rings. The van der Waals surface area contributed by atoms with Crippen LogP contribution in [0.15, 0.2) is 47.4 Å². The Labute approximate surface area is 113 Å². The van der Waals surface area contributed by atoms with E-state index in [9.17, 15) is 0 Å². The third kappa shape index (κ3) is 2.70. The van der Waals surface area contributed by atoms with Crippen LogP contribution in [0, 0.1) is 5.92 Å². The van der Waals surface area contributed by atoms with Gasteiger partial charge in [0.1, 0.15) is 0 Å². The van der Waals surface area contributed by atoms with Gasteiger partial charge in [-0.2, -0.15) is 0 Å². The molecule has 0 aromatic heterocycles. The van der Waals surface area contributed by atoms with Crippen LogP contribution in [0.4, 0.5) is 0 Å². The number of hydrogen-bond donors (Lipinski definition) is 1. The number of nitrogens with one attached hydrogen (secondary N) is 1. The second-order valence-corrected chi connectivity index (χ2v) is 6.15. The van der Waals surface area contributed by atoms with Crippen LogP contribution < -0.4 is 5.32 Å². The Morgan fingerprint density at radius 2 is 1.94 bits per heavy atom. The fourth-order valence-electron chi connectivity index (χ4n) is 2.40. The van der Waals surface area contributed by atoms with Gasteiger partial charge in [0.2, 0.25) is 0 Å². The summed E-state index contributed by atoms with van der Waals surface area (Å²) in [6, 6.07) is 16.0. The lowest BCUT2D eigenvalue weighted by Gasteiger charge is -2.14. The van der Waals surface area contributed by atoms with Crippen LogP contribution in [0.1, 0.15) is 12.8 Å². The summed E-state index contributed by atoms with van der Waals surface area (Å²) in [5, 5.41) is 6.12. The van der Waals surface area contributed by atoms with Crippen molar-refractivity contribution in [1.82, 2.24) is 5.32 Å². The number of benzene rings is 2. The molecule has 94 valence electrons. The predicted molar refractivity (Wildman–Crippen MR) is 80.2 cm³/mol. The van der Waals surface area contributed by atoms with Crippen LogP contribution in [0.2, 0.25) is 0 Å². The molecule has 1 unspecified atom stereocenters. The first-order chi connectivity index (χ1) is 8.86. The SMILES string of the molecule is CNC(CSc1ccc2ccccc2c1)C1CC1. The minimum atomic E-state index is 0.682. The second-order valence-electron chi connectivity index (χ2n) is 5.05. The monoisotopic (exact) mass is 257 g/mol. The van der Waals surface area contributed by atoms with Crippen LogP contribution in [0.3, 0.4) is 0 Å². The zero-order valence-electron chi connectivity index (χ0n) is 10.7. The van der Waals surface area contributed by atoms with Crippen LogP contribution in [0.5, 0.6) is 0 Å². The van der Waals surface area contributed by atoms with Crippen molar-refractivity contribution in [3.63, 3.8) is 0 Å². The molecular weight excluding hydrogens is 238 g/mol. The van der Waals surface area contributed by atoms with E-state index in [2.05, 4.69) is 54.8 Å². The van der Waals surface area contributed by atoms with Crippen molar-refractivity contribution in [1.29, 1.82) is 0 Å². The Bertz CT molecular complexity index is 533. The van der Waals surface area contributed by atoms with E-state index in [1.807, 2.05) is 11.8 Å². The molecule has 0 heterocycles. The average molecular weight is 257 g/mol. The highest BCUT2D eigenvalue weighted by Gasteiger charge is 2.29. The second kappa shape index (κ2) is 5.33. The minimum Gasteiger partial charge on any atom is -0.316 e. The maximum atomic E-state index is 3.45. The molecule has 0 spiro atoms. The van der Waals surface area contributed by atoms with Gasteiger partial charge in [0.15, 0.2) is 0 Å². The molecule has 1 atom stereocenters. The number of fused-ring (bicyclic) bond motifs is 1. The average Bonchev–Trinajstić information content (AvgIpc) is 3.24. The molecule has 1 N–H and O–H groups in total. The zero-order valence-corrected chi connectivity index (χ0v) is 11.5. The summed E-state index contributed by atoms with van der Waals surface area (Å²) in [4.78, 5) is 1.38. The van der Waals surface area contributed by atoms with E-state index in [0.717, 1.165) is 5.92 Å². The predicted octanol–water partition coefficient (Wildman–Crippen LogP) is 3.93. The topological polar surface area (TPSA) is 12.0 Å². The van der Waals surface area contributed by atoms with E-state index in [1.165, 1.54) is 34.3 Å². The van der Waals surface area contributed by atoms with E-state index in [0.29, 0.717) is 6.04 Å². The molecule has 2 aromatic carbocycles.